The molecule has 1 aliphatic rings. The van der Waals surface area contributed by atoms with E-state index in [2.05, 4.69) is 21.0 Å². The Morgan fingerprint density at radius 1 is 1.04 bits per heavy atom. The van der Waals surface area contributed by atoms with Gasteiger partial charge in [-0.2, -0.15) is 5.10 Å². The highest BCUT2D eigenvalue weighted by molar-refractivity contribution is 9.10. The highest BCUT2D eigenvalue weighted by Gasteiger charge is 2.34. The summed E-state index contributed by atoms with van der Waals surface area (Å²) in [5.74, 6) is -0.0122. The minimum atomic E-state index is -0.353. The number of hydrogen-bond donors (Lipinski definition) is 1. The number of phenols is 1. The van der Waals surface area contributed by atoms with E-state index in [0.717, 1.165) is 21.3 Å². The number of phenolic OH excluding ortho intramolecular Hbond substituents is 1. The molecule has 5 heteroatoms. The van der Waals surface area contributed by atoms with Crippen LogP contribution < -0.4 is 0 Å². The first-order valence-electron chi connectivity index (χ1n) is 9.04. The van der Waals surface area contributed by atoms with Crippen LogP contribution >= 0.6 is 15.9 Å². The van der Waals surface area contributed by atoms with Crippen molar-refractivity contribution >= 4 is 27.5 Å². The van der Waals surface area contributed by atoms with Crippen molar-refractivity contribution in [3.8, 4) is 5.75 Å². The number of halogens is 1. The van der Waals surface area contributed by atoms with Crippen LogP contribution in [0, 0.1) is 6.92 Å². The monoisotopic (exact) mass is 434 g/mol. The van der Waals surface area contributed by atoms with E-state index in [1.54, 1.807) is 12.1 Å². The summed E-state index contributed by atoms with van der Waals surface area (Å²) in [6.07, 6.45) is 0.538. The second-order valence-corrected chi connectivity index (χ2v) is 7.76. The maximum Gasteiger partial charge on any atom is 0.274 e. The van der Waals surface area contributed by atoms with Gasteiger partial charge in [0.25, 0.3) is 5.91 Å². The molecule has 1 heterocycles. The minimum absolute atomic E-state index is 0.168. The summed E-state index contributed by atoms with van der Waals surface area (Å²) < 4.78 is 0.986. The Kier molecular flexibility index (Phi) is 5.01. The van der Waals surface area contributed by atoms with Crippen molar-refractivity contribution in [2.75, 3.05) is 0 Å². The third-order valence-electron chi connectivity index (χ3n) is 4.89. The molecule has 0 saturated carbocycles. The van der Waals surface area contributed by atoms with Crippen molar-refractivity contribution in [1.29, 1.82) is 0 Å². The molecule has 0 fully saturated rings. The molecule has 0 aliphatic carbocycles. The molecule has 4 nitrogen and oxygen atoms in total. The van der Waals surface area contributed by atoms with E-state index in [0.29, 0.717) is 17.5 Å². The lowest BCUT2D eigenvalue weighted by Gasteiger charge is -2.22. The first-order valence-corrected chi connectivity index (χ1v) is 9.84. The number of aromatic hydroxyl groups is 1. The lowest BCUT2D eigenvalue weighted by atomic mass is 9.97. The number of aryl methyl sites for hydroxylation is 1. The first-order chi connectivity index (χ1) is 13.5. The van der Waals surface area contributed by atoms with E-state index in [-0.39, 0.29) is 17.7 Å². The number of carbonyl (C=O) groups is 1. The quantitative estimate of drug-likeness (QED) is 0.595. The lowest BCUT2D eigenvalue weighted by Crippen LogP contribution is -2.27. The molecule has 3 aromatic rings. The molecule has 28 heavy (non-hydrogen) atoms. The summed E-state index contributed by atoms with van der Waals surface area (Å²) in [7, 11) is 0. The van der Waals surface area contributed by atoms with Gasteiger partial charge in [-0.15, -0.1) is 0 Å². The molecule has 140 valence electrons. The number of rotatable bonds is 3. The second-order valence-electron chi connectivity index (χ2n) is 6.85. The molecule has 0 bridgehead atoms. The SMILES string of the molecule is Cc1ccc(C(=O)N2N=C(c3ccc(Br)cc3)C[C@H]2c2ccccc2O)cc1. The molecule has 0 unspecified atom stereocenters. The fourth-order valence-electron chi connectivity index (χ4n) is 3.35. The Bertz CT molecular complexity index is 1040. The highest BCUT2D eigenvalue weighted by atomic mass is 79.9. The van der Waals surface area contributed by atoms with Crippen LogP contribution in [0.15, 0.2) is 82.4 Å². The topological polar surface area (TPSA) is 52.9 Å². The van der Waals surface area contributed by atoms with Crippen LogP contribution in [0.4, 0.5) is 0 Å². The zero-order valence-corrected chi connectivity index (χ0v) is 16.9. The molecular formula is C23H19BrN2O2. The predicted molar refractivity (Wildman–Crippen MR) is 113 cm³/mol. The number of benzene rings is 3. The normalized spacial score (nSPS) is 16.1. The predicted octanol–water partition coefficient (Wildman–Crippen LogP) is 5.45. The summed E-state index contributed by atoms with van der Waals surface area (Å²) in [4.78, 5) is 13.2. The van der Waals surface area contributed by atoms with E-state index in [4.69, 9.17) is 0 Å². The Morgan fingerprint density at radius 3 is 2.39 bits per heavy atom. The van der Waals surface area contributed by atoms with E-state index in [1.807, 2.05) is 67.6 Å². The molecule has 1 N–H and O–H groups in total. The fourth-order valence-corrected chi connectivity index (χ4v) is 3.62. The number of nitrogens with zero attached hydrogens (tertiary/aromatic N) is 2. The first kappa shape index (κ1) is 18.4. The summed E-state index contributed by atoms with van der Waals surface area (Å²) >= 11 is 3.45. The van der Waals surface area contributed by atoms with Crippen LogP contribution in [0.5, 0.6) is 5.75 Å². The lowest BCUT2D eigenvalue weighted by molar-refractivity contribution is 0.0709. The summed E-state index contributed by atoms with van der Waals surface area (Å²) in [5, 5.41) is 16.5. The fraction of sp³-hybridized carbons (Fsp3) is 0.130. The molecule has 3 aromatic carbocycles. The summed E-state index contributed by atoms with van der Waals surface area (Å²) in [6, 6.07) is 22.1. The Balaban J connectivity index is 1.75. The van der Waals surface area contributed by atoms with Crippen LogP contribution in [-0.2, 0) is 0 Å². The van der Waals surface area contributed by atoms with Gasteiger partial charge < -0.3 is 5.11 Å². The van der Waals surface area contributed by atoms with Crippen molar-refractivity contribution in [1.82, 2.24) is 5.01 Å². The Hall–Kier alpha value is -2.92. The van der Waals surface area contributed by atoms with Gasteiger partial charge in [-0.1, -0.05) is 64.0 Å². The van der Waals surface area contributed by atoms with Gasteiger partial charge in [-0.05, 0) is 42.8 Å². The van der Waals surface area contributed by atoms with Gasteiger partial charge in [-0.25, -0.2) is 5.01 Å². The molecule has 1 atom stereocenters. The van der Waals surface area contributed by atoms with Gasteiger partial charge in [0, 0.05) is 22.0 Å². The maximum absolute atomic E-state index is 13.2. The van der Waals surface area contributed by atoms with Crippen molar-refractivity contribution < 1.29 is 9.90 Å². The molecule has 0 spiro atoms. The smallest absolute Gasteiger partial charge is 0.274 e. The molecular weight excluding hydrogens is 416 g/mol. The highest BCUT2D eigenvalue weighted by Crippen LogP contribution is 2.37. The van der Waals surface area contributed by atoms with Gasteiger partial charge >= 0.3 is 0 Å². The zero-order valence-electron chi connectivity index (χ0n) is 15.3. The van der Waals surface area contributed by atoms with E-state index < -0.39 is 0 Å². The molecule has 0 saturated heterocycles. The van der Waals surface area contributed by atoms with Gasteiger partial charge in [-0.3, -0.25) is 4.79 Å². The molecule has 1 amide bonds. The average molecular weight is 435 g/mol. The van der Waals surface area contributed by atoms with Crippen LogP contribution in [0.2, 0.25) is 0 Å². The molecule has 0 radical (unpaired) electrons. The van der Waals surface area contributed by atoms with E-state index >= 15 is 0 Å². The van der Waals surface area contributed by atoms with Gasteiger partial charge in [0.15, 0.2) is 0 Å². The third kappa shape index (κ3) is 3.58. The van der Waals surface area contributed by atoms with Crippen molar-refractivity contribution in [2.24, 2.45) is 5.10 Å². The van der Waals surface area contributed by atoms with Crippen molar-refractivity contribution in [3.63, 3.8) is 0 Å². The number of amides is 1. The van der Waals surface area contributed by atoms with Crippen LogP contribution in [0.1, 0.15) is 39.5 Å². The maximum atomic E-state index is 13.2. The molecule has 1 aliphatic heterocycles. The summed E-state index contributed by atoms with van der Waals surface area (Å²) in [6.45, 7) is 1.98. The van der Waals surface area contributed by atoms with Crippen LogP contribution in [0.25, 0.3) is 0 Å². The number of hydrazone groups is 1. The zero-order chi connectivity index (χ0) is 19.7. The van der Waals surface area contributed by atoms with Crippen molar-refractivity contribution in [3.05, 3.63) is 99.5 Å². The van der Waals surface area contributed by atoms with Gasteiger partial charge in [0.1, 0.15) is 5.75 Å². The number of hydrogen-bond acceptors (Lipinski definition) is 3. The third-order valence-corrected chi connectivity index (χ3v) is 5.42. The Labute approximate surface area is 172 Å². The van der Waals surface area contributed by atoms with Crippen LogP contribution in [0.3, 0.4) is 0 Å². The second kappa shape index (κ2) is 7.60. The number of para-hydroxylation sites is 1. The Morgan fingerprint density at radius 2 is 1.71 bits per heavy atom. The summed E-state index contributed by atoms with van der Waals surface area (Å²) in [5.41, 5.74) is 4.14. The van der Waals surface area contributed by atoms with Gasteiger partial charge in [0.05, 0.1) is 11.8 Å². The average Bonchev–Trinajstić information content (AvgIpc) is 3.14. The van der Waals surface area contributed by atoms with Crippen molar-refractivity contribution in [2.45, 2.75) is 19.4 Å². The molecule has 4 rings (SSSR count). The molecule has 0 aromatic heterocycles. The van der Waals surface area contributed by atoms with E-state index in [9.17, 15) is 9.90 Å². The van der Waals surface area contributed by atoms with Gasteiger partial charge in [0.2, 0.25) is 0 Å². The standard InChI is InChI=1S/C23H19BrN2O2/c1-15-6-8-17(9-7-15)23(28)26-21(19-4-2-3-5-22(19)27)14-20(25-26)16-10-12-18(24)13-11-16/h2-13,21,27H,14H2,1H3/t21-/m0/s1. The minimum Gasteiger partial charge on any atom is -0.508 e. The number of carbonyl (C=O) groups excluding carboxylic acids is 1. The largest absolute Gasteiger partial charge is 0.508 e. The van der Waals surface area contributed by atoms with E-state index in [1.165, 1.54) is 5.01 Å². The van der Waals surface area contributed by atoms with Crippen LogP contribution in [-0.4, -0.2) is 21.7 Å².